The van der Waals surface area contributed by atoms with E-state index in [0.29, 0.717) is 0 Å². The van der Waals surface area contributed by atoms with Crippen LogP contribution in [0.1, 0.15) is 66.3 Å². The summed E-state index contributed by atoms with van der Waals surface area (Å²) < 4.78 is 27.9. The SMILES string of the molecule is Cc1ccc(C)c(N2c3cc4c(cc3B3c5cc6c(cc5N(c5cc(C)ccc5C)c5cc(C78CC9CC(CC(C9)C7)C8)cc2c53)Oc2cccc3c2B6c2ccccc2O3)B2c3ccccc3Oc3cccc(c32)O4)c1. The summed E-state index contributed by atoms with van der Waals surface area (Å²) in [5, 5.41) is 0. The first-order valence-electron chi connectivity index (χ1n) is 28.1. The molecule has 4 bridgehead atoms. The van der Waals surface area contributed by atoms with Crippen molar-refractivity contribution < 1.29 is 18.9 Å². The number of ether oxygens (including phenoxy) is 4. The number of anilines is 6. The molecular formula is C68H53B3N2O4. The van der Waals surface area contributed by atoms with Crippen molar-refractivity contribution in [1.29, 1.82) is 0 Å². The van der Waals surface area contributed by atoms with Crippen LogP contribution in [0.15, 0.2) is 158 Å². The summed E-state index contributed by atoms with van der Waals surface area (Å²) in [6.07, 6.45) is 7.99. The fraction of sp³-hybridized carbons (Fsp3) is 0.206. The van der Waals surface area contributed by atoms with E-state index in [9.17, 15) is 0 Å². The van der Waals surface area contributed by atoms with Gasteiger partial charge in [-0.15, -0.1) is 0 Å². The Morgan fingerprint density at radius 1 is 0.351 bits per heavy atom. The Kier molecular flexibility index (Phi) is 8.47. The normalized spacial score (nSPS) is 21.1. The zero-order valence-corrected chi connectivity index (χ0v) is 43.7. The zero-order chi connectivity index (χ0) is 50.7. The van der Waals surface area contributed by atoms with Crippen molar-refractivity contribution in [3.8, 4) is 46.0 Å². The highest BCUT2D eigenvalue weighted by molar-refractivity contribution is 7.03. The van der Waals surface area contributed by atoms with E-state index in [1.54, 1.807) is 0 Å². The number of hydrogen-bond acceptors (Lipinski definition) is 6. The van der Waals surface area contributed by atoms with Crippen molar-refractivity contribution in [3.63, 3.8) is 0 Å². The van der Waals surface area contributed by atoms with Crippen molar-refractivity contribution in [3.05, 3.63) is 186 Å². The molecule has 4 aliphatic carbocycles. The molecule has 4 fully saturated rings. The first-order chi connectivity index (χ1) is 37.7. The molecular weight excluding hydrogens is 941 g/mol. The second-order valence-corrected chi connectivity index (χ2v) is 24.4. The van der Waals surface area contributed by atoms with Gasteiger partial charge in [-0.05, 0) is 216 Å². The number of aryl methyl sites for hydroxylation is 4. The first-order valence-corrected chi connectivity index (χ1v) is 28.1. The van der Waals surface area contributed by atoms with Crippen molar-refractivity contribution >= 4 is 103 Å². The number of hydrogen-bond donors (Lipinski definition) is 0. The minimum Gasteiger partial charge on any atom is -0.458 e. The Balaban J connectivity index is 0.977. The van der Waals surface area contributed by atoms with Crippen LogP contribution >= 0.6 is 0 Å². The van der Waals surface area contributed by atoms with Crippen LogP contribution in [-0.4, -0.2) is 20.1 Å². The van der Waals surface area contributed by atoms with E-state index in [4.69, 9.17) is 18.9 Å². The van der Waals surface area contributed by atoms with Gasteiger partial charge in [-0.1, -0.05) is 84.9 Å². The molecule has 0 saturated heterocycles. The van der Waals surface area contributed by atoms with Crippen molar-refractivity contribution in [2.24, 2.45) is 17.8 Å². The summed E-state index contributed by atoms with van der Waals surface area (Å²) >= 11 is 0. The average molecular weight is 995 g/mol. The van der Waals surface area contributed by atoms with Crippen LogP contribution in [0.2, 0.25) is 0 Å². The third kappa shape index (κ3) is 5.85. The molecule has 0 aromatic heterocycles. The summed E-state index contributed by atoms with van der Waals surface area (Å²) in [6.45, 7) is 8.74. The molecule has 9 aromatic carbocycles. The van der Waals surface area contributed by atoms with Crippen LogP contribution in [0.25, 0.3) is 0 Å². The van der Waals surface area contributed by atoms with Gasteiger partial charge in [0.05, 0.1) is 0 Å². The molecule has 368 valence electrons. The van der Waals surface area contributed by atoms with E-state index in [1.165, 1.54) is 105 Å². The minimum atomic E-state index is -0.160. The Morgan fingerprint density at radius 3 is 1.21 bits per heavy atom. The Labute approximate surface area is 450 Å². The largest absolute Gasteiger partial charge is 0.458 e. The van der Waals surface area contributed by atoms with Gasteiger partial charge in [0, 0.05) is 57.2 Å². The third-order valence-corrected chi connectivity index (χ3v) is 19.8. The van der Waals surface area contributed by atoms with Crippen molar-refractivity contribution in [2.45, 2.75) is 71.6 Å². The smallest absolute Gasteiger partial charge is 0.260 e. The van der Waals surface area contributed by atoms with Crippen LogP contribution in [0.5, 0.6) is 46.0 Å². The lowest BCUT2D eigenvalue weighted by Gasteiger charge is -2.57. The lowest BCUT2D eigenvalue weighted by Crippen LogP contribution is -2.65. The van der Waals surface area contributed by atoms with Gasteiger partial charge in [-0.25, -0.2) is 0 Å². The van der Waals surface area contributed by atoms with Gasteiger partial charge in [-0.3, -0.25) is 0 Å². The molecule has 77 heavy (non-hydrogen) atoms. The summed E-state index contributed by atoms with van der Waals surface area (Å²) in [7, 11) is 0. The molecule has 6 heterocycles. The molecule has 9 heteroatoms. The fourth-order valence-electron chi connectivity index (χ4n) is 16.9. The van der Waals surface area contributed by atoms with Gasteiger partial charge in [0.1, 0.15) is 46.0 Å². The molecule has 0 N–H and O–H groups in total. The van der Waals surface area contributed by atoms with E-state index < -0.39 is 0 Å². The van der Waals surface area contributed by atoms with E-state index in [1.807, 2.05) is 0 Å². The summed E-state index contributed by atoms with van der Waals surface area (Å²) in [5.74, 6) is 9.35. The van der Waals surface area contributed by atoms with Crippen LogP contribution < -0.4 is 77.9 Å². The molecule has 6 nitrogen and oxygen atoms in total. The predicted molar refractivity (Wildman–Crippen MR) is 315 cm³/mol. The molecule has 19 rings (SSSR count). The zero-order valence-electron chi connectivity index (χ0n) is 43.7. The molecule has 0 amide bonds. The molecule has 0 radical (unpaired) electrons. The van der Waals surface area contributed by atoms with Crippen LogP contribution in [0, 0.1) is 45.4 Å². The Hall–Kier alpha value is -8.03. The predicted octanol–water partition coefficient (Wildman–Crippen LogP) is 10.9. The van der Waals surface area contributed by atoms with Gasteiger partial charge < -0.3 is 28.7 Å². The molecule has 0 atom stereocenters. The quantitative estimate of drug-likeness (QED) is 0.164. The molecule has 6 aliphatic heterocycles. The summed E-state index contributed by atoms with van der Waals surface area (Å²) in [6, 6.07) is 59.1. The lowest BCUT2D eigenvalue weighted by atomic mass is 9.29. The minimum absolute atomic E-state index is 0.0891. The van der Waals surface area contributed by atoms with E-state index in [2.05, 4.69) is 195 Å². The number of benzene rings is 9. The van der Waals surface area contributed by atoms with E-state index >= 15 is 0 Å². The second-order valence-electron chi connectivity index (χ2n) is 24.4. The van der Waals surface area contributed by atoms with Crippen LogP contribution in [0.3, 0.4) is 0 Å². The molecule has 10 aliphatic rings. The number of fused-ring (bicyclic) bond motifs is 12. The Bertz CT molecular complexity index is 3890. The van der Waals surface area contributed by atoms with Crippen molar-refractivity contribution in [1.82, 2.24) is 0 Å². The molecule has 9 aromatic rings. The topological polar surface area (TPSA) is 43.4 Å². The standard InChI is InChI=1S/C68H53B3N2O4/c1-37-19-21-39(3)51(23-37)72-53-32-63-49(69-45-11-5-7-13-57(45)74-59-15-9-17-61(76-63)66(59)69)30-47(53)71-48-31-50-64(77-62-18-10-16-60-67(62)70(50)46-12-6-8-14-58(46)75-60)33-54(48)73(52-24-38(2)20-22-40(52)4)56-29-44(28-55(72)65(56)71)68-34-41-25-42(35-68)27-43(26-41)36-68/h5-24,28-33,41-43H,25-27,34-36H2,1-4H3. The highest BCUT2D eigenvalue weighted by Crippen LogP contribution is 2.62. The van der Waals surface area contributed by atoms with Gasteiger partial charge in [0.15, 0.2) is 0 Å². The number of nitrogens with zero attached hydrogens (tertiary/aromatic N) is 2. The number of rotatable bonds is 3. The fourth-order valence-corrected chi connectivity index (χ4v) is 16.9. The van der Waals surface area contributed by atoms with Gasteiger partial charge in [0.2, 0.25) is 0 Å². The highest BCUT2D eigenvalue weighted by Gasteiger charge is 2.54. The summed E-state index contributed by atoms with van der Waals surface area (Å²) in [5.41, 5.74) is 24.5. The van der Waals surface area contributed by atoms with Crippen LogP contribution in [-0.2, 0) is 5.41 Å². The molecule has 0 spiro atoms. The third-order valence-electron chi connectivity index (χ3n) is 19.8. The van der Waals surface area contributed by atoms with E-state index in [0.717, 1.165) is 108 Å². The second kappa shape index (κ2) is 15.1. The highest BCUT2D eigenvalue weighted by atomic mass is 16.5. The monoisotopic (exact) mass is 994 g/mol. The Morgan fingerprint density at radius 2 is 0.753 bits per heavy atom. The maximum atomic E-state index is 7.24. The average Bonchev–Trinajstić information content (AvgIpc) is 3.50. The summed E-state index contributed by atoms with van der Waals surface area (Å²) in [4.78, 5) is 5.32. The van der Waals surface area contributed by atoms with Crippen molar-refractivity contribution in [2.75, 3.05) is 9.80 Å². The lowest BCUT2D eigenvalue weighted by molar-refractivity contribution is -0.00514. The molecule has 4 saturated carbocycles. The molecule has 0 unspecified atom stereocenters. The van der Waals surface area contributed by atoms with E-state index in [-0.39, 0.29) is 25.6 Å². The van der Waals surface area contributed by atoms with Gasteiger partial charge in [0.25, 0.3) is 20.1 Å². The van der Waals surface area contributed by atoms with Gasteiger partial charge >= 0.3 is 0 Å². The number of para-hydroxylation sites is 2. The maximum Gasteiger partial charge on any atom is 0.260 e. The maximum absolute atomic E-state index is 7.24. The first kappa shape index (κ1) is 43.1. The van der Waals surface area contributed by atoms with Crippen LogP contribution in [0.4, 0.5) is 34.1 Å². The van der Waals surface area contributed by atoms with Gasteiger partial charge in [-0.2, -0.15) is 0 Å².